The summed E-state index contributed by atoms with van der Waals surface area (Å²) < 4.78 is 5.67. The molecule has 0 unspecified atom stereocenters. The van der Waals surface area contributed by atoms with E-state index >= 15 is 0 Å². The Labute approximate surface area is 143 Å². The third-order valence-corrected chi connectivity index (χ3v) is 4.23. The first kappa shape index (κ1) is 19.1. The molecule has 1 fully saturated rings. The van der Waals surface area contributed by atoms with Gasteiger partial charge in [0.25, 0.3) is 0 Å². The molecular formula is C16H24Cl2N2O2. The van der Waals surface area contributed by atoms with Crippen LogP contribution in [-0.2, 0) is 4.79 Å². The van der Waals surface area contributed by atoms with E-state index in [1.165, 1.54) is 12.8 Å². The predicted octanol–water partition coefficient (Wildman–Crippen LogP) is 3.00. The molecule has 1 aliphatic rings. The van der Waals surface area contributed by atoms with Gasteiger partial charge in [0, 0.05) is 12.1 Å². The number of ether oxygens (including phenoxy) is 1. The number of likely N-dealkylation sites (N-methyl/N-ethyl adjacent to an activating group) is 1. The Morgan fingerprint density at radius 1 is 1.36 bits per heavy atom. The summed E-state index contributed by atoms with van der Waals surface area (Å²) in [4.78, 5) is 16.0. The van der Waals surface area contributed by atoms with E-state index in [9.17, 15) is 4.79 Å². The van der Waals surface area contributed by atoms with Gasteiger partial charge in [0.15, 0.2) is 0 Å². The molecule has 4 nitrogen and oxygen atoms in total. The van der Waals surface area contributed by atoms with Gasteiger partial charge in [-0.25, -0.2) is 0 Å². The van der Waals surface area contributed by atoms with Crippen molar-refractivity contribution in [3.63, 3.8) is 0 Å². The SMILES string of the molecule is Cc1cc(OCCN(C)C(=O)CN2CCCC2)ccc1Cl.Cl. The number of rotatable bonds is 6. The number of aryl methyl sites for hydroxylation is 1. The second kappa shape index (κ2) is 9.23. The number of carbonyl (C=O) groups is 1. The van der Waals surface area contributed by atoms with Gasteiger partial charge in [0.2, 0.25) is 5.91 Å². The average Bonchev–Trinajstić information content (AvgIpc) is 2.95. The summed E-state index contributed by atoms with van der Waals surface area (Å²) in [6.45, 7) is 5.63. The van der Waals surface area contributed by atoms with Gasteiger partial charge in [-0.1, -0.05) is 11.6 Å². The third kappa shape index (κ3) is 5.67. The summed E-state index contributed by atoms with van der Waals surface area (Å²) in [5.74, 6) is 0.949. The van der Waals surface area contributed by atoms with Crippen LogP contribution in [0.5, 0.6) is 5.75 Å². The van der Waals surface area contributed by atoms with E-state index in [0.717, 1.165) is 29.4 Å². The van der Waals surface area contributed by atoms with Gasteiger partial charge in [0.05, 0.1) is 13.1 Å². The first-order chi connectivity index (χ1) is 10.1. The Morgan fingerprint density at radius 3 is 2.68 bits per heavy atom. The van der Waals surface area contributed by atoms with Crippen LogP contribution in [-0.4, -0.2) is 55.5 Å². The van der Waals surface area contributed by atoms with Crippen molar-refractivity contribution < 1.29 is 9.53 Å². The number of amides is 1. The van der Waals surface area contributed by atoms with Crippen LogP contribution in [0.3, 0.4) is 0 Å². The first-order valence-electron chi connectivity index (χ1n) is 7.41. The highest BCUT2D eigenvalue weighted by Gasteiger charge is 2.17. The molecule has 1 aromatic carbocycles. The summed E-state index contributed by atoms with van der Waals surface area (Å²) in [5.41, 5.74) is 0.993. The number of likely N-dealkylation sites (tertiary alicyclic amines) is 1. The predicted molar refractivity (Wildman–Crippen MR) is 92.2 cm³/mol. The molecular weight excluding hydrogens is 323 g/mol. The van der Waals surface area contributed by atoms with Gasteiger partial charge >= 0.3 is 0 Å². The van der Waals surface area contributed by atoms with Crippen molar-refractivity contribution in [3.8, 4) is 5.75 Å². The quantitative estimate of drug-likeness (QED) is 0.793. The number of carbonyl (C=O) groups excluding carboxylic acids is 1. The lowest BCUT2D eigenvalue weighted by molar-refractivity contribution is -0.131. The lowest BCUT2D eigenvalue weighted by Crippen LogP contribution is -2.38. The molecule has 6 heteroatoms. The van der Waals surface area contributed by atoms with Gasteiger partial charge in [-0.15, -0.1) is 12.4 Å². The molecule has 0 aromatic heterocycles. The molecule has 1 aromatic rings. The zero-order chi connectivity index (χ0) is 15.2. The van der Waals surface area contributed by atoms with Crippen LogP contribution in [0.15, 0.2) is 18.2 Å². The van der Waals surface area contributed by atoms with Crippen molar-refractivity contribution in [2.75, 3.05) is 39.8 Å². The number of hydrogen-bond acceptors (Lipinski definition) is 3. The molecule has 1 heterocycles. The molecule has 0 spiro atoms. The summed E-state index contributed by atoms with van der Waals surface area (Å²) >= 11 is 5.97. The largest absolute Gasteiger partial charge is 0.492 e. The average molecular weight is 347 g/mol. The van der Waals surface area contributed by atoms with Crippen LogP contribution in [0, 0.1) is 6.92 Å². The maximum absolute atomic E-state index is 12.1. The fraction of sp³-hybridized carbons (Fsp3) is 0.562. The van der Waals surface area contributed by atoms with Crippen molar-refractivity contribution in [2.24, 2.45) is 0 Å². The topological polar surface area (TPSA) is 32.8 Å². The smallest absolute Gasteiger partial charge is 0.236 e. The monoisotopic (exact) mass is 346 g/mol. The summed E-state index contributed by atoms with van der Waals surface area (Å²) in [5, 5.41) is 0.736. The summed E-state index contributed by atoms with van der Waals surface area (Å²) in [6.07, 6.45) is 2.41. The lowest BCUT2D eigenvalue weighted by atomic mass is 10.2. The molecule has 0 aliphatic carbocycles. The maximum atomic E-state index is 12.1. The fourth-order valence-electron chi connectivity index (χ4n) is 2.38. The van der Waals surface area contributed by atoms with E-state index in [1.54, 1.807) is 4.90 Å². The van der Waals surface area contributed by atoms with E-state index in [4.69, 9.17) is 16.3 Å². The van der Waals surface area contributed by atoms with Crippen molar-refractivity contribution in [3.05, 3.63) is 28.8 Å². The second-order valence-corrected chi connectivity index (χ2v) is 5.97. The number of benzene rings is 1. The molecule has 0 saturated carbocycles. The molecule has 2 rings (SSSR count). The van der Waals surface area contributed by atoms with Crippen molar-refractivity contribution in [2.45, 2.75) is 19.8 Å². The third-order valence-electron chi connectivity index (χ3n) is 3.81. The van der Waals surface area contributed by atoms with Gasteiger partial charge in [0.1, 0.15) is 12.4 Å². The maximum Gasteiger partial charge on any atom is 0.236 e. The van der Waals surface area contributed by atoms with E-state index in [0.29, 0.717) is 19.7 Å². The molecule has 1 amide bonds. The number of nitrogens with zero attached hydrogens (tertiary/aromatic N) is 2. The van der Waals surface area contributed by atoms with Crippen molar-refractivity contribution in [1.29, 1.82) is 0 Å². The fourth-order valence-corrected chi connectivity index (χ4v) is 2.50. The van der Waals surface area contributed by atoms with Crippen molar-refractivity contribution in [1.82, 2.24) is 9.80 Å². The van der Waals surface area contributed by atoms with E-state index in [1.807, 2.05) is 32.2 Å². The van der Waals surface area contributed by atoms with Crippen LogP contribution >= 0.6 is 24.0 Å². The minimum absolute atomic E-state index is 0. The summed E-state index contributed by atoms with van der Waals surface area (Å²) in [7, 11) is 1.83. The normalized spacial score (nSPS) is 14.5. The van der Waals surface area contributed by atoms with E-state index < -0.39 is 0 Å². The first-order valence-corrected chi connectivity index (χ1v) is 7.79. The lowest BCUT2D eigenvalue weighted by Gasteiger charge is -2.21. The molecule has 124 valence electrons. The Hall–Kier alpha value is -0.970. The highest BCUT2D eigenvalue weighted by molar-refractivity contribution is 6.31. The van der Waals surface area contributed by atoms with Crippen LogP contribution in [0.2, 0.25) is 5.02 Å². The van der Waals surface area contributed by atoms with Crippen LogP contribution < -0.4 is 4.74 Å². The van der Waals surface area contributed by atoms with E-state index in [-0.39, 0.29) is 18.3 Å². The van der Waals surface area contributed by atoms with Gasteiger partial charge < -0.3 is 9.64 Å². The molecule has 1 saturated heterocycles. The molecule has 0 atom stereocenters. The highest BCUT2D eigenvalue weighted by Crippen LogP contribution is 2.20. The minimum atomic E-state index is 0. The molecule has 1 aliphatic heterocycles. The zero-order valence-electron chi connectivity index (χ0n) is 13.2. The van der Waals surface area contributed by atoms with Crippen LogP contribution in [0.1, 0.15) is 18.4 Å². The second-order valence-electron chi connectivity index (χ2n) is 5.56. The molecule has 0 N–H and O–H groups in total. The standard InChI is InChI=1S/C16H23ClN2O2.ClH/c1-13-11-14(5-6-15(13)17)21-10-9-18(2)16(20)12-19-7-3-4-8-19;/h5-6,11H,3-4,7-10,12H2,1-2H3;1H. The minimum Gasteiger partial charge on any atom is -0.492 e. The zero-order valence-corrected chi connectivity index (χ0v) is 14.8. The Bertz CT molecular complexity index is 491. The van der Waals surface area contributed by atoms with Crippen LogP contribution in [0.4, 0.5) is 0 Å². The molecule has 22 heavy (non-hydrogen) atoms. The van der Waals surface area contributed by atoms with Gasteiger partial charge in [-0.3, -0.25) is 9.69 Å². The van der Waals surface area contributed by atoms with E-state index in [2.05, 4.69) is 4.90 Å². The van der Waals surface area contributed by atoms with Crippen molar-refractivity contribution >= 4 is 29.9 Å². The Morgan fingerprint density at radius 2 is 2.05 bits per heavy atom. The highest BCUT2D eigenvalue weighted by atomic mass is 35.5. The number of halogens is 2. The Balaban J connectivity index is 0.00000242. The summed E-state index contributed by atoms with van der Waals surface area (Å²) in [6, 6.07) is 5.59. The van der Waals surface area contributed by atoms with Gasteiger partial charge in [-0.05, 0) is 56.6 Å². The van der Waals surface area contributed by atoms with Gasteiger partial charge in [-0.2, -0.15) is 0 Å². The van der Waals surface area contributed by atoms with Crippen LogP contribution in [0.25, 0.3) is 0 Å². The number of hydrogen-bond donors (Lipinski definition) is 0. The molecule has 0 bridgehead atoms. The molecule has 0 radical (unpaired) electrons. The Kier molecular flexibility index (Phi) is 8.01.